The molecule has 0 fully saturated rings. The molecule has 0 saturated carbocycles. The van der Waals surface area contributed by atoms with Crippen LogP contribution in [-0.2, 0) is 4.74 Å². The van der Waals surface area contributed by atoms with Crippen molar-refractivity contribution < 1.29 is 14.3 Å². The second-order valence-electron chi connectivity index (χ2n) is 5.13. The standard InChI is InChI=1S/C19H15N3O3/c1-24-16-9-7-14(8-10-16)18-17(19(23)25-12-11-20)13-22(21-18)15-5-3-2-4-6-15/h2-10,13H,12H2,1H3. The first kappa shape index (κ1) is 16.3. The number of esters is 1. The quantitative estimate of drug-likeness (QED) is 0.670. The van der Waals surface area contributed by atoms with Crippen LogP contribution in [0.25, 0.3) is 16.9 Å². The normalized spacial score (nSPS) is 10.1. The van der Waals surface area contributed by atoms with Gasteiger partial charge in [-0.15, -0.1) is 0 Å². The second-order valence-corrected chi connectivity index (χ2v) is 5.13. The third-order valence-electron chi connectivity index (χ3n) is 3.59. The van der Waals surface area contributed by atoms with Gasteiger partial charge in [0, 0.05) is 11.8 Å². The summed E-state index contributed by atoms with van der Waals surface area (Å²) in [5, 5.41) is 13.2. The van der Waals surface area contributed by atoms with E-state index in [2.05, 4.69) is 5.10 Å². The molecule has 0 aliphatic rings. The molecule has 0 N–H and O–H groups in total. The van der Waals surface area contributed by atoms with Crippen molar-refractivity contribution in [2.75, 3.05) is 13.7 Å². The molecule has 25 heavy (non-hydrogen) atoms. The van der Waals surface area contributed by atoms with E-state index >= 15 is 0 Å². The average molecular weight is 333 g/mol. The molecule has 0 aliphatic heterocycles. The molecule has 1 aromatic heterocycles. The Kier molecular flexibility index (Phi) is 4.77. The van der Waals surface area contributed by atoms with Crippen LogP contribution in [0.15, 0.2) is 60.8 Å². The first-order valence-corrected chi connectivity index (χ1v) is 7.56. The van der Waals surface area contributed by atoms with Crippen LogP contribution in [0.3, 0.4) is 0 Å². The SMILES string of the molecule is COc1ccc(-c2nn(-c3ccccc3)cc2C(=O)OCC#N)cc1. The van der Waals surface area contributed by atoms with Gasteiger partial charge in [0.05, 0.1) is 12.8 Å². The smallest absolute Gasteiger partial charge is 0.343 e. The minimum absolute atomic E-state index is 0.296. The number of carbonyl (C=O) groups excluding carboxylic acids is 1. The van der Waals surface area contributed by atoms with Crippen molar-refractivity contribution in [3.05, 3.63) is 66.4 Å². The summed E-state index contributed by atoms with van der Waals surface area (Å²) in [6.45, 7) is -0.308. The van der Waals surface area contributed by atoms with Crippen molar-refractivity contribution in [2.45, 2.75) is 0 Å². The van der Waals surface area contributed by atoms with E-state index in [0.717, 1.165) is 11.3 Å². The molecule has 3 rings (SSSR count). The first-order chi connectivity index (χ1) is 12.2. The number of para-hydroxylation sites is 1. The summed E-state index contributed by atoms with van der Waals surface area (Å²) in [5.74, 6) is 0.120. The Bertz CT molecular complexity index is 909. The van der Waals surface area contributed by atoms with Gasteiger partial charge in [-0.2, -0.15) is 10.4 Å². The van der Waals surface area contributed by atoms with Crippen molar-refractivity contribution >= 4 is 5.97 Å². The number of nitrogens with zero attached hydrogens (tertiary/aromatic N) is 3. The van der Waals surface area contributed by atoms with E-state index in [9.17, 15) is 4.79 Å². The number of hydrogen-bond acceptors (Lipinski definition) is 5. The van der Waals surface area contributed by atoms with Gasteiger partial charge in [0.2, 0.25) is 0 Å². The monoisotopic (exact) mass is 333 g/mol. The molecule has 6 nitrogen and oxygen atoms in total. The molecule has 0 unspecified atom stereocenters. The molecule has 6 heteroatoms. The minimum Gasteiger partial charge on any atom is -0.497 e. The second kappa shape index (κ2) is 7.32. The zero-order valence-corrected chi connectivity index (χ0v) is 13.5. The van der Waals surface area contributed by atoms with Crippen molar-refractivity contribution in [3.8, 4) is 28.8 Å². The molecule has 0 aliphatic carbocycles. The van der Waals surface area contributed by atoms with Crippen LogP contribution in [0.5, 0.6) is 5.75 Å². The highest BCUT2D eigenvalue weighted by atomic mass is 16.5. The fourth-order valence-corrected chi connectivity index (χ4v) is 2.37. The number of nitriles is 1. The summed E-state index contributed by atoms with van der Waals surface area (Å²) in [5.41, 5.74) is 2.34. The lowest BCUT2D eigenvalue weighted by Crippen LogP contribution is -2.05. The highest BCUT2D eigenvalue weighted by Gasteiger charge is 2.20. The zero-order chi connectivity index (χ0) is 17.6. The maximum Gasteiger partial charge on any atom is 0.343 e. The molecule has 0 amide bonds. The predicted molar refractivity (Wildman–Crippen MR) is 91.4 cm³/mol. The van der Waals surface area contributed by atoms with E-state index in [-0.39, 0.29) is 6.61 Å². The van der Waals surface area contributed by atoms with E-state index in [1.807, 2.05) is 42.5 Å². The molecule has 0 saturated heterocycles. The lowest BCUT2D eigenvalue weighted by molar-refractivity contribution is 0.0556. The van der Waals surface area contributed by atoms with Gasteiger partial charge in [0.15, 0.2) is 6.61 Å². The van der Waals surface area contributed by atoms with Crippen molar-refractivity contribution in [1.82, 2.24) is 9.78 Å². The van der Waals surface area contributed by atoms with Gasteiger partial charge >= 0.3 is 5.97 Å². The molecular formula is C19H15N3O3. The van der Waals surface area contributed by atoms with E-state index in [4.69, 9.17) is 14.7 Å². The summed E-state index contributed by atoms with van der Waals surface area (Å²) < 4.78 is 11.7. The van der Waals surface area contributed by atoms with Crippen molar-refractivity contribution in [1.29, 1.82) is 5.26 Å². The summed E-state index contributed by atoms with van der Waals surface area (Å²) >= 11 is 0. The Labute approximate surface area is 144 Å². The van der Waals surface area contributed by atoms with Crippen LogP contribution >= 0.6 is 0 Å². The molecule has 124 valence electrons. The van der Waals surface area contributed by atoms with Gasteiger partial charge < -0.3 is 9.47 Å². The third-order valence-corrected chi connectivity index (χ3v) is 3.59. The van der Waals surface area contributed by atoms with Gasteiger partial charge in [-0.1, -0.05) is 18.2 Å². The van der Waals surface area contributed by atoms with E-state index in [1.54, 1.807) is 36.2 Å². The molecule has 0 spiro atoms. The molecule has 3 aromatic rings. The number of aromatic nitrogens is 2. The fraction of sp³-hybridized carbons (Fsp3) is 0.105. The number of hydrogen-bond donors (Lipinski definition) is 0. The number of methoxy groups -OCH3 is 1. The molecule has 0 atom stereocenters. The van der Waals surface area contributed by atoms with Crippen LogP contribution in [0.4, 0.5) is 0 Å². The highest BCUT2D eigenvalue weighted by molar-refractivity contribution is 5.96. The van der Waals surface area contributed by atoms with E-state index in [0.29, 0.717) is 17.0 Å². The topological polar surface area (TPSA) is 77.1 Å². The van der Waals surface area contributed by atoms with Crippen molar-refractivity contribution in [3.63, 3.8) is 0 Å². The third kappa shape index (κ3) is 3.51. The van der Waals surface area contributed by atoms with Gasteiger partial charge in [-0.05, 0) is 36.4 Å². The Morgan fingerprint density at radius 2 is 1.88 bits per heavy atom. The Morgan fingerprint density at radius 3 is 2.52 bits per heavy atom. The van der Waals surface area contributed by atoms with Crippen LogP contribution < -0.4 is 4.74 Å². The van der Waals surface area contributed by atoms with E-state index in [1.165, 1.54) is 0 Å². The minimum atomic E-state index is -0.588. The first-order valence-electron chi connectivity index (χ1n) is 7.56. The Hall–Kier alpha value is -3.59. The highest BCUT2D eigenvalue weighted by Crippen LogP contribution is 2.26. The Morgan fingerprint density at radius 1 is 1.16 bits per heavy atom. The molecular weight excluding hydrogens is 318 g/mol. The lowest BCUT2D eigenvalue weighted by atomic mass is 10.1. The molecule has 1 heterocycles. The number of rotatable bonds is 5. The Balaban J connectivity index is 2.06. The van der Waals surface area contributed by atoms with Gasteiger partial charge in [-0.3, -0.25) is 0 Å². The van der Waals surface area contributed by atoms with Gasteiger partial charge in [0.25, 0.3) is 0 Å². The maximum atomic E-state index is 12.3. The van der Waals surface area contributed by atoms with Crippen molar-refractivity contribution in [2.24, 2.45) is 0 Å². The van der Waals surface area contributed by atoms with Crippen LogP contribution in [0.1, 0.15) is 10.4 Å². The van der Waals surface area contributed by atoms with Crippen LogP contribution in [0.2, 0.25) is 0 Å². The maximum absolute atomic E-state index is 12.3. The molecule has 0 bridgehead atoms. The molecule has 2 aromatic carbocycles. The average Bonchev–Trinajstić information content (AvgIpc) is 3.12. The summed E-state index contributed by atoms with van der Waals surface area (Å²) in [7, 11) is 1.59. The fourth-order valence-electron chi connectivity index (χ4n) is 2.37. The van der Waals surface area contributed by atoms with E-state index < -0.39 is 5.97 Å². The van der Waals surface area contributed by atoms with Gasteiger partial charge in [0.1, 0.15) is 23.1 Å². The summed E-state index contributed by atoms with van der Waals surface area (Å²) in [4.78, 5) is 12.3. The summed E-state index contributed by atoms with van der Waals surface area (Å²) in [6, 6.07) is 18.5. The summed E-state index contributed by atoms with van der Waals surface area (Å²) in [6.07, 6.45) is 1.61. The predicted octanol–water partition coefficient (Wildman–Crippen LogP) is 3.23. The zero-order valence-electron chi connectivity index (χ0n) is 13.5. The lowest BCUT2D eigenvalue weighted by Gasteiger charge is -2.03. The largest absolute Gasteiger partial charge is 0.497 e. The molecule has 0 radical (unpaired) electrons. The van der Waals surface area contributed by atoms with Gasteiger partial charge in [-0.25, -0.2) is 9.48 Å². The number of ether oxygens (including phenoxy) is 2. The number of benzene rings is 2. The van der Waals surface area contributed by atoms with Crippen LogP contribution in [0, 0.1) is 11.3 Å². The van der Waals surface area contributed by atoms with Crippen LogP contribution in [-0.4, -0.2) is 29.5 Å². The number of carbonyl (C=O) groups is 1.